The van der Waals surface area contributed by atoms with Gasteiger partial charge in [0, 0.05) is 6.42 Å². The van der Waals surface area contributed by atoms with Crippen LogP contribution in [0.2, 0.25) is 0 Å². The van der Waals surface area contributed by atoms with Gasteiger partial charge in [0.15, 0.2) is 18.1 Å². The van der Waals surface area contributed by atoms with Crippen LogP contribution in [0.4, 0.5) is 0 Å². The summed E-state index contributed by atoms with van der Waals surface area (Å²) >= 11 is 0. The van der Waals surface area contributed by atoms with Gasteiger partial charge in [0.25, 0.3) is 5.91 Å². The Morgan fingerprint density at radius 3 is 2.36 bits per heavy atom. The molecule has 1 rings (SSSR count). The number of nitrogens with one attached hydrogen (secondary N) is 1. The third-order valence-corrected chi connectivity index (χ3v) is 3.98. The maximum absolute atomic E-state index is 12.0. The number of carbonyl (C=O) groups is 3. The number of aryl methyl sites for hydroxylation is 1. The summed E-state index contributed by atoms with van der Waals surface area (Å²) in [6, 6.07) is 4.63. The highest BCUT2D eigenvalue weighted by Gasteiger charge is 2.23. The predicted octanol–water partition coefficient (Wildman–Crippen LogP) is 1.88. The van der Waals surface area contributed by atoms with Gasteiger partial charge in [-0.15, -0.1) is 0 Å². The fourth-order valence-corrected chi connectivity index (χ4v) is 2.67. The van der Waals surface area contributed by atoms with E-state index in [1.165, 1.54) is 21.3 Å². The molecule has 0 saturated heterocycles. The number of benzene rings is 1. The van der Waals surface area contributed by atoms with Crippen LogP contribution < -0.4 is 14.8 Å². The molecule has 1 aromatic rings. The molecule has 8 heteroatoms. The van der Waals surface area contributed by atoms with Crippen LogP contribution in [0.15, 0.2) is 18.2 Å². The van der Waals surface area contributed by atoms with Crippen molar-refractivity contribution in [3.8, 4) is 11.5 Å². The van der Waals surface area contributed by atoms with Gasteiger partial charge in [0.1, 0.15) is 6.04 Å². The van der Waals surface area contributed by atoms with Crippen molar-refractivity contribution in [2.24, 2.45) is 5.92 Å². The minimum absolute atomic E-state index is 0.0727. The summed E-state index contributed by atoms with van der Waals surface area (Å²) < 4.78 is 20.2. The van der Waals surface area contributed by atoms with Crippen LogP contribution in [0.3, 0.4) is 0 Å². The minimum atomic E-state index is -0.766. The third kappa shape index (κ3) is 7.46. The van der Waals surface area contributed by atoms with Crippen LogP contribution in [0.5, 0.6) is 11.5 Å². The SMILES string of the molecule is COC(=O)C(CC(C)C)NC(=O)COC(=O)CCc1cccc(OC)c1OC. The van der Waals surface area contributed by atoms with Crippen molar-refractivity contribution in [1.29, 1.82) is 0 Å². The van der Waals surface area contributed by atoms with Crippen molar-refractivity contribution >= 4 is 17.8 Å². The number of esters is 2. The summed E-state index contributed by atoms with van der Waals surface area (Å²) in [5.41, 5.74) is 0.797. The van der Waals surface area contributed by atoms with E-state index in [0.717, 1.165) is 5.56 Å². The van der Waals surface area contributed by atoms with Crippen molar-refractivity contribution in [1.82, 2.24) is 5.32 Å². The molecule has 0 fully saturated rings. The van der Waals surface area contributed by atoms with Crippen LogP contribution in [-0.2, 0) is 30.3 Å². The van der Waals surface area contributed by atoms with Gasteiger partial charge in [-0.2, -0.15) is 0 Å². The van der Waals surface area contributed by atoms with Gasteiger partial charge in [0.05, 0.1) is 21.3 Å². The van der Waals surface area contributed by atoms with E-state index in [0.29, 0.717) is 24.3 Å². The molecular formula is C20H29NO7. The van der Waals surface area contributed by atoms with Crippen molar-refractivity contribution in [2.45, 2.75) is 39.2 Å². The molecule has 0 aliphatic rings. The van der Waals surface area contributed by atoms with Crippen molar-refractivity contribution < 1.29 is 33.3 Å². The zero-order valence-electron chi connectivity index (χ0n) is 17.1. The predicted molar refractivity (Wildman–Crippen MR) is 102 cm³/mol. The fourth-order valence-electron chi connectivity index (χ4n) is 2.67. The topological polar surface area (TPSA) is 100 Å². The second-order valence-electron chi connectivity index (χ2n) is 6.59. The van der Waals surface area contributed by atoms with Gasteiger partial charge < -0.3 is 24.3 Å². The molecular weight excluding hydrogens is 366 g/mol. The number of carbonyl (C=O) groups excluding carboxylic acids is 3. The Morgan fingerprint density at radius 1 is 1.07 bits per heavy atom. The van der Waals surface area contributed by atoms with E-state index >= 15 is 0 Å². The molecule has 0 aliphatic heterocycles. The van der Waals surface area contributed by atoms with Gasteiger partial charge in [-0.25, -0.2) is 4.79 Å². The standard InChI is InChI=1S/C20H29NO7/c1-13(2)11-15(20(24)27-5)21-17(22)12-28-18(23)10-9-14-7-6-8-16(25-3)19(14)26-4/h6-8,13,15H,9-12H2,1-5H3,(H,21,22). The van der Waals surface area contributed by atoms with Crippen LogP contribution in [0, 0.1) is 5.92 Å². The molecule has 0 spiro atoms. The van der Waals surface area contributed by atoms with Crippen molar-refractivity contribution in [2.75, 3.05) is 27.9 Å². The Kier molecular flexibility index (Phi) is 9.84. The van der Waals surface area contributed by atoms with Crippen molar-refractivity contribution in [3.05, 3.63) is 23.8 Å². The number of hydrogen-bond acceptors (Lipinski definition) is 7. The lowest BCUT2D eigenvalue weighted by atomic mass is 10.0. The molecule has 1 atom stereocenters. The third-order valence-electron chi connectivity index (χ3n) is 3.98. The monoisotopic (exact) mass is 395 g/mol. The van der Waals surface area contributed by atoms with Crippen LogP contribution >= 0.6 is 0 Å². The summed E-state index contributed by atoms with van der Waals surface area (Å²) in [4.78, 5) is 35.7. The zero-order valence-corrected chi connectivity index (χ0v) is 17.1. The molecule has 1 aromatic carbocycles. The molecule has 1 amide bonds. The maximum atomic E-state index is 12.0. The molecule has 156 valence electrons. The first kappa shape index (κ1) is 23.3. The number of hydrogen-bond donors (Lipinski definition) is 1. The van der Waals surface area contributed by atoms with E-state index in [1.54, 1.807) is 12.1 Å². The summed E-state index contributed by atoms with van der Waals surface area (Å²) in [5.74, 6) is -0.290. The Hall–Kier alpha value is -2.77. The zero-order chi connectivity index (χ0) is 21.1. The largest absolute Gasteiger partial charge is 0.493 e. The van der Waals surface area contributed by atoms with E-state index in [-0.39, 0.29) is 12.3 Å². The Morgan fingerprint density at radius 2 is 1.79 bits per heavy atom. The molecule has 0 radical (unpaired) electrons. The molecule has 0 heterocycles. The summed E-state index contributed by atoms with van der Waals surface area (Å²) in [7, 11) is 4.32. The van der Waals surface area contributed by atoms with E-state index in [2.05, 4.69) is 10.1 Å². The normalized spacial score (nSPS) is 11.5. The smallest absolute Gasteiger partial charge is 0.328 e. The van der Waals surface area contributed by atoms with E-state index < -0.39 is 30.5 Å². The molecule has 0 bridgehead atoms. The molecule has 0 aromatic heterocycles. The molecule has 8 nitrogen and oxygen atoms in total. The van der Waals surface area contributed by atoms with E-state index in [1.807, 2.05) is 19.9 Å². The quantitative estimate of drug-likeness (QED) is 0.571. The van der Waals surface area contributed by atoms with Crippen LogP contribution in [0.1, 0.15) is 32.3 Å². The lowest BCUT2D eigenvalue weighted by Gasteiger charge is -2.18. The number of ether oxygens (including phenoxy) is 4. The van der Waals surface area contributed by atoms with Crippen LogP contribution in [-0.4, -0.2) is 51.8 Å². The number of rotatable bonds is 11. The van der Waals surface area contributed by atoms with Gasteiger partial charge in [-0.1, -0.05) is 26.0 Å². The van der Waals surface area contributed by atoms with E-state index in [9.17, 15) is 14.4 Å². The first-order chi connectivity index (χ1) is 13.3. The fraction of sp³-hybridized carbons (Fsp3) is 0.550. The molecule has 1 unspecified atom stereocenters. The van der Waals surface area contributed by atoms with Gasteiger partial charge in [-0.05, 0) is 30.4 Å². The van der Waals surface area contributed by atoms with Gasteiger partial charge in [-0.3, -0.25) is 9.59 Å². The number of para-hydroxylation sites is 1. The summed E-state index contributed by atoms with van der Waals surface area (Å²) in [5, 5.41) is 2.53. The lowest BCUT2D eigenvalue weighted by molar-refractivity contribution is -0.150. The molecule has 0 saturated carbocycles. The number of amides is 1. The maximum Gasteiger partial charge on any atom is 0.328 e. The Bertz CT molecular complexity index is 673. The summed E-state index contributed by atoms with van der Waals surface area (Å²) in [6.07, 6.45) is 0.879. The van der Waals surface area contributed by atoms with E-state index in [4.69, 9.17) is 14.2 Å². The second-order valence-corrected chi connectivity index (χ2v) is 6.59. The second kappa shape index (κ2) is 11.8. The van der Waals surface area contributed by atoms with Gasteiger partial charge >= 0.3 is 11.9 Å². The van der Waals surface area contributed by atoms with Crippen molar-refractivity contribution in [3.63, 3.8) is 0 Å². The molecule has 28 heavy (non-hydrogen) atoms. The first-order valence-corrected chi connectivity index (χ1v) is 9.05. The van der Waals surface area contributed by atoms with Gasteiger partial charge in [0.2, 0.25) is 0 Å². The first-order valence-electron chi connectivity index (χ1n) is 9.05. The Labute approximate surface area is 165 Å². The lowest BCUT2D eigenvalue weighted by Crippen LogP contribution is -2.44. The highest BCUT2D eigenvalue weighted by molar-refractivity contribution is 5.86. The molecule has 1 N–H and O–H groups in total. The highest BCUT2D eigenvalue weighted by Crippen LogP contribution is 2.31. The molecule has 0 aliphatic carbocycles. The highest BCUT2D eigenvalue weighted by atomic mass is 16.5. The Balaban J connectivity index is 2.52. The average Bonchev–Trinajstić information content (AvgIpc) is 2.68. The summed E-state index contributed by atoms with van der Waals surface area (Å²) in [6.45, 7) is 3.39. The van der Waals surface area contributed by atoms with Crippen LogP contribution in [0.25, 0.3) is 0 Å². The average molecular weight is 395 g/mol. The number of methoxy groups -OCH3 is 3. The minimum Gasteiger partial charge on any atom is -0.493 e.